The van der Waals surface area contributed by atoms with Crippen molar-refractivity contribution in [2.75, 3.05) is 32.7 Å². The third-order valence-electron chi connectivity index (χ3n) is 9.39. The van der Waals surface area contributed by atoms with Crippen LogP contribution in [0.2, 0.25) is 0 Å². The summed E-state index contributed by atoms with van der Waals surface area (Å²) < 4.78 is 0. The molecule has 0 aromatic heterocycles. The third kappa shape index (κ3) is 8.96. The van der Waals surface area contributed by atoms with Crippen molar-refractivity contribution < 1.29 is 9.59 Å². The van der Waals surface area contributed by atoms with E-state index in [9.17, 15) is 9.59 Å². The maximum atomic E-state index is 14.1. The van der Waals surface area contributed by atoms with Crippen LogP contribution in [0.25, 0.3) is 21.5 Å². The Morgan fingerprint density at radius 1 is 0.723 bits per heavy atom. The third-order valence-corrected chi connectivity index (χ3v) is 9.39. The SMILES string of the molecule is CC(C)C[C@@H]1CN(C(=O)[C@H](N)Cc2ccc3ccccc3c2)[C@@H](CCCNCCN)CN1C(=O)[C@H](N)Cc1ccc2ccccc2c1. The maximum Gasteiger partial charge on any atom is 0.240 e. The molecular weight excluding hydrogens is 584 g/mol. The van der Waals surface area contributed by atoms with Crippen LogP contribution < -0.4 is 22.5 Å². The number of carbonyl (C=O) groups is 2. The molecule has 1 aliphatic rings. The van der Waals surface area contributed by atoms with Crippen molar-refractivity contribution in [2.24, 2.45) is 23.1 Å². The lowest BCUT2D eigenvalue weighted by molar-refractivity contribution is -0.149. The van der Waals surface area contributed by atoms with Gasteiger partial charge in [0.1, 0.15) is 0 Å². The summed E-state index contributed by atoms with van der Waals surface area (Å²) in [6, 6.07) is 27.3. The lowest BCUT2D eigenvalue weighted by Crippen LogP contribution is -2.65. The normalized spacial score (nSPS) is 18.2. The lowest BCUT2D eigenvalue weighted by Gasteiger charge is -2.48. The number of nitrogens with one attached hydrogen (secondary N) is 1. The Balaban J connectivity index is 1.33. The molecule has 4 atom stereocenters. The quantitative estimate of drug-likeness (QED) is 0.153. The lowest BCUT2D eigenvalue weighted by atomic mass is 9.93. The maximum absolute atomic E-state index is 14.1. The van der Waals surface area contributed by atoms with Crippen molar-refractivity contribution in [3.05, 3.63) is 96.1 Å². The number of amides is 2. The summed E-state index contributed by atoms with van der Waals surface area (Å²) in [5.41, 5.74) is 21.1. The number of hydrogen-bond donors (Lipinski definition) is 4. The molecule has 2 amide bonds. The second-order valence-corrected chi connectivity index (χ2v) is 13.6. The van der Waals surface area contributed by atoms with Crippen LogP contribution in [0.5, 0.6) is 0 Å². The van der Waals surface area contributed by atoms with E-state index in [2.05, 4.69) is 79.8 Å². The number of benzene rings is 4. The summed E-state index contributed by atoms with van der Waals surface area (Å²) >= 11 is 0. The van der Waals surface area contributed by atoms with E-state index in [1.807, 2.05) is 34.1 Å². The van der Waals surface area contributed by atoms with Crippen molar-refractivity contribution >= 4 is 33.4 Å². The van der Waals surface area contributed by atoms with Gasteiger partial charge in [-0.25, -0.2) is 0 Å². The Labute approximate surface area is 279 Å². The number of nitrogens with two attached hydrogens (primary N) is 3. The summed E-state index contributed by atoms with van der Waals surface area (Å²) in [7, 11) is 0. The molecule has 47 heavy (non-hydrogen) atoms. The van der Waals surface area contributed by atoms with Gasteiger partial charge in [0.25, 0.3) is 0 Å². The summed E-state index contributed by atoms with van der Waals surface area (Å²) in [5.74, 6) is 0.231. The molecule has 0 saturated carbocycles. The van der Waals surface area contributed by atoms with Crippen LogP contribution in [0.4, 0.5) is 0 Å². The zero-order chi connectivity index (χ0) is 33.3. The fraction of sp³-hybridized carbons (Fsp3) is 0.436. The van der Waals surface area contributed by atoms with Crippen LogP contribution in [0, 0.1) is 5.92 Å². The molecular formula is C39H52N6O2. The Morgan fingerprint density at radius 2 is 1.21 bits per heavy atom. The van der Waals surface area contributed by atoms with Crippen LogP contribution in [-0.4, -0.2) is 78.5 Å². The van der Waals surface area contributed by atoms with E-state index in [-0.39, 0.29) is 23.9 Å². The molecule has 8 heteroatoms. The second kappa shape index (κ2) is 16.3. The molecule has 8 nitrogen and oxygen atoms in total. The summed E-state index contributed by atoms with van der Waals surface area (Å²) in [6.07, 6.45) is 3.31. The van der Waals surface area contributed by atoms with Gasteiger partial charge >= 0.3 is 0 Å². The van der Waals surface area contributed by atoms with Crippen LogP contribution in [0.1, 0.15) is 44.2 Å². The molecule has 0 spiro atoms. The van der Waals surface area contributed by atoms with Crippen molar-refractivity contribution in [2.45, 2.75) is 70.1 Å². The number of nitrogens with zero attached hydrogens (tertiary/aromatic N) is 2. The zero-order valence-corrected chi connectivity index (χ0v) is 28.0. The van der Waals surface area contributed by atoms with E-state index < -0.39 is 12.1 Å². The number of carbonyl (C=O) groups excluding carboxylic acids is 2. The van der Waals surface area contributed by atoms with Crippen molar-refractivity contribution in [1.29, 1.82) is 0 Å². The average Bonchev–Trinajstić information content (AvgIpc) is 3.07. The van der Waals surface area contributed by atoms with E-state index in [1.54, 1.807) is 0 Å². The first-order valence-corrected chi connectivity index (χ1v) is 17.2. The van der Waals surface area contributed by atoms with Crippen molar-refractivity contribution in [3.8, 4) is 0 Å². The van der Waals surface area contributed by atoms with Gasteiger partial charge in [-0.1, -0.05) is 98.8 Å². The highest BCUT2D eigenvalue weighted by atomic mass is 16.2. The first kappa shape index (κ1) is 34.5. The van der Waals surface area contributed by atoms with Gasteiger partial charge < -0.3 is 32.3 Å². The monoisotopic (exact) mass is 636 g/mol. The van der Waals surface area contributed by atoms with Gasteiger partial charge in [0.2, 0.25) is 11.8 Å². The topological polar surface area (TPSA) is 131 Å². The van der Waals surface area contributed by atoms with E-state index in [4.69, 9.17) is 17.2 Å². The summed E-state index contributed by atoms with van der Waals surface area (Å²) in [4.78, 5) is 32.2. The molecule has 4 aromatic rings. The molecule has 1 saturated heterocycles. The van der Waals surface area contributed by atoms with E-state index >= 15 is 0 Å². The van der Waals surface area contributed by atoms with Crippen LogP contribution in [-0.2, 0) is 22.4 Å². The standard InChI is InChI=1S/C39H52N6O2/c1-27(2)20-35-26-44(38(46)36(41)23-28-13-15-30-8-3-5-10-32(30)21-28)34(12-7-18-43-19-17-40)25-45(35)39(47)37(42)24-29-14-16-31-9-4-6-11-33(31)22-29/h3-6,8-11,13-16,21-22,27,34-37,43H,7,12,17-20,23-26,40-42H2,1-2H3/t34-,35+,36+,37+/m0/s1. The second-order valence-electron chi connectivity index (χ2n) is 13.6. The summed E-state index contributed by atoms with van der Waals surface area (Å²) in [6.45, 7) is 7.34. The zero-order valence-electron chi connectivity index (χ0n) is 28.0. The molecule has 0 radical (unpaired) electrons. The Kier molecular flexibility index (Phi) is 12.0. The van der Waals surface area contributed by atoms with Crippen molar-refractivity contribution in [1.82, 2.24) is 15.1 Å². The first-order valence-electron chi connectivity index (χ1n) is 17.2. The van der Waals surface area contributed by atoms with Crippen molar-refractivity contribution in [3.63, 3.8) is 0 Å². The predicted molar refractivity (Wildman–Crippen MR) is 193 cm³/mol. The number of piperazine rings is 1. The largest absolute Gasteiger partial charge is 0.335 e. The minimum Gasteiger partial charge on any atom is -0.335 e. The van der Waals surface area contributed by atoms with Gasteiger partial charge in [-0.15, -0.1) is 0 Å². The molecule has 0 bridgehead atoms. The van der Waals surface area contributed by atoms with E-state index in [0.29, 0.717) is 38.4 Å². The average molecular weight is 637 g/mol. The first-order chi connectivity index (χ1) is 22.7. The Hall–Kier alpha value is -3.82. The molecule has 0 aliphatic carbocycles. The van der Waals surface area contributed by atoms with Gasteiger partial charge in [0.05, 0.1) is 12.1 Å². The Morgan fingerprint density at radius 3 is 1.72 bits per heavy atom. The van der Waals surface area contributed by atoms with Gasteiger partial charge in [0.15, 0.2) is 0 Å². The van der Waals surface area contributed by atoms with Gasteiger partial charge in [-0.2, -0.15) is 0 Å². The summed E-state index contributed by atoms with van der Waals surface area (Å²) in [5, 5.41) is 7.96. The highest BCUT2D eigenvalue weighted by Gasteiger charge is 2.40. The highest BCUT2D eigenvalue weighted by molar-refractivity contribution is 5.87. The fourth-order valence-corrected chi connectivity index (χ4v) is 7.01. The number of fused-ring (bicyclic) bond motifs is 2. The van der Waals surface area contributed by atoms with Gasteiger partial charge in [0, 0.05) is 38.3 Å². The molecule has 1 fully saturated rings. The molecule has 1 heterocycles. The number of rotatable bonds is 14. The molecule has 5 rings (SSSR count). The fourth-order valence-electron chi connectivity index (χ4n) is 7.01. The number of hydrogen-bond acceptors (Lipinski definition) is 6. The van der Waals surface area contributed by atoms with E-state index in [0.717, 1.165) is 65.0 Å². The minimum absolute atomic E-state index is 0.0531. The molecule has 250 valence electrons. The van der Waals surface area contributed by atoms with Crippen LogP contribution in [0.3, 0.4) is 0 Å². The minimum atomic E-state index is -0.675. The molecule has 0 unspecified atom stereocenters. The Bertz CT molecular complexity index is 1640. The van der Waals surface area contributed by atoms with Crippen LogP contribution >= 0.6 is 0 Å². The van der Waals surface area contributed by atoms with E-state index in [1.165, 1.54) is 0 Å². The molecule has 4 aromatic carbocycles. The van der Waals surface area contributed by atoms with Gasteiger partial charge in [-0.3, -0.25) is 9.59 Å². The molecule has 7 N–H and O–H groups in total. The van der Waals surface area contributed by atoms with Crippen LogP contribution in [0.15, 0.2) is 84.9 Å². The van der Waals surface area contributed by atoms with Gasteiger partial charge in [-0.05, 0) is 77.2 Å². The highest BCUT2D eigenvalue weighted by Crippen LogP contribution is 2.26. The predicted octanol–water partition coefficient (Wildman–Crippen LogP) is 4.22. The smallest absolute Gasteiger partial charge is 0.240 e. The molecule has 1 aliphatic heterocycles.